The van der Waals surface area contributed by atoms with Crippen molar-refractivity contribution in [2.24, 2.45) is 0 Å². The number of benzene rings is 1. The molecule has 1 aromatic rings. The van der Waals surface area contributed by atoms with Crippen molar-refractivity contribution in [3.8, 4) is 6.07 Å². The number of rotatable bonds is 3. The molecule has 0 aliphatic carbocycles. The summed E-state index contributed by atoms with van der Waals surface area (Å²) in [6, 6.07) is 4.57. The van der Waals surface area contributed by atoms with E-state index in [2.05, 4.69) is 0 Å². The molecular formula is C11H9ClN2O4S2. The molecule has 0 aromatic heterocycles. The zero-order valence-electron chi connectivity index (χ0n) is 9.98. The van der Waals surface area contributed by atoms with Crippen molar-refractivity contribution in [1.29, 1.82) is 5.26 Å². The van der Waals surface area contributed by atoms with Crippen molar-refractivity contribution >= 4 is 39.4 Å². The number of sulfonamides is 1. The quantitative estimate of drug-likeness (QED) is 0.897. The van der Waals surface area contributed by atoms with Crippen molar-refractivity contribution in [2.45, 2.75) is 10.9 Å². The maximum Gasteiger partial charge on any atom is 0.322 e. The third-order valence-corrected chi connectivity index (χ3v) is 6.29. The minimum Gasteiger partial charge on any atom is -0.480 e. The molecule has 1 atom stereocenters. The zero-order valence-corrected chi connectivity index (χ0v) is 12.4. The van der Waals surface area contributed by atoms with Gasteiger partial charge in [0.25, 0.3) is 0 Å². The molecule has 1 heterocycles. The number of hydrogen-bond donors (Lipinski definition) is 1. The second-order valence-electron chi connectivity index (χ2n) is 4.00. The van der Waals surface area contributed by atoms with E-state index in [-0.39, 0.29) is 27.1 Å². The Bertz CT molecular complexity index is 699. The van der Waals surface area contributed by atoms with Gasteiger partial charge in [0.1, 0.15) is 10.9 Å². The molecular weight excluding hydrogens is 324 g/mol. The molecule has 0 amide bonds. The lowest BCUT2D eigenvalue weighted by Gasteiger charge is -2.20. The van der Waals surface area contributed by atoms with Gasteiger partial charge in [-0.05, 0) is 18.2 Å². The molecule has 1 N–H and O–H groups in total. The fourth-order valence-electron chi connectivity index (χ4n) is 1.76. The van der Waals surface area contributed by atoms with Crippen LogP contribution in [0.5, 0.6) is 0 Å². The standard InChI is InChI=1S/C11H9ClN2O4S2/c12-8-2-1-7(4-13)3-10(8)20(17,18)14-6-19-5-9(14)11(15)16/h1-3,9H,5-6H2,(H,15,16). The first-order valence-corrected chi connectivity index (χ1v) is 8.37. The number of thioether (sulfide) groups is 1. The fraction of sp³-hybridized carbons (Fsp3) is 0.273. The fourth-order valence-corrected chi connectivity index (χ4v) is 5.39. The molecule has 1 aliphatic rings. The van der Waals surface area contributed by atoms with Crippen LogP contribution in [0.3, 0.4) is 0 Å². The molecule has 0 spiro atoms. The Kier molecular flexibility index (Phi) is 4.25. The third-order valence-electron chi connectivity index (χ3n) is 2.77. The van der Waals surface area contributed by atoms with Gasteiger partial charge in [0.05, 0.1) is 22.5 Å². The Labute approximate surface area is 125 Å². The number of carbonyl (C=O) groups is 1. The summed E-state index contributed by atoms with van der Waals surface area (Å²) in [5, 5.41) is 17.8. The Morgan fingerprint density at radius 1 is 1.55 bits per heavy atom. The van der Waals surface area contributed by atoms with Crippen molar-refractivity contribution in [3.63, 3.8) is 0 Å². The lowest BCUT2D eigenvalue weighted by atomic mass is 10.2. The first-order chi connectivity index (χ1) is 9.37. The first kappa shape index (κ1) is 15.1. The molecule has 9 heteroatoms. The molecule has 1 fully saturated rings. The molecule has 6 nitrogen and oxygen atoms in total. The van der Waals surface area contributed by atoms with Crippen LogP contribution in [-0.2, 0) is 14.8 Å². The summed E-state index contributed by atoms with van der Waals surface area (Å²) in [6.45, 7) is 0. The van der Waals surface area contributed by atoms with Gasteiger partial charge in [-0.25, -0.2) is 8.42 Å². The van der Waals surface area contributed by atoms with E-state index in [9.17, 15) is 13.2 Å². The number of carboxylic acid groups (broad SMARTS) is 1. The van der Waals surface area contributed by atoms with Gasteiger partial charge in [0, 0.05) is 5.75 Å². The van der Waals surface area contributed by atoms with E-state index in [4.69, 9.17) is 22.0 Å². The lowest BCUT2D eigenvalue weighted by molar-refractivity contribution is -0.140. The first-order valence-electron chi connectivity index (χ1n) is 5.40. The summed E-state index contributed by atoms with van der Waals surface area (Å²) < 4.78 is 25.9. The number of carboxylic acids is 1. The Morgan fingerprint density at radius 3 is 2.85 bits per heavy atom. The van der Waals surface area contributed by atoms with E-state index in [1.807, 2.05) is 6.07 Å². The van der Waals surface area contributed by atoms with Crippen LogP contribution in [0, 0.1) is 11.3 Å². The second kappa shape index (κ2) is 5.61. The van der Waals surface area contributed by atoms with Gasteiger partial charge in [0.2, 0.25) is 10.0 Å². The normalized spacial score (nSPS) is 19.7. The van der Waals surface area contributed by atoms with Gasteiger partial charge in [-0.3, -0.25) is 4.79 Å². The summed E-state index contributed by atoms with van der Waals surface area (Å²) in [7, 11) is -4.05. The summed E-state index contributed by atoms with van der Waals surface area (Å²) in [5.41, 5.74) is 0.145. The van der Waals surface area contributed by atoms with E-state index in [0.29, 0.717) is 0 Å². The van der Waals surface area contributed by atoms with Gasteiger partial charge < -0.3 is 5.11 Å². The minimum atomic E-state index is -4.05. The van der Waals surface area contributed by atoms with Crippen LogP contribution in [0.4, 0.5) is 0 Å². The van der Waals surface area contributed by atoms with Crippen LogP contribution in [-0.4, -0.2) is 41.5 Å². The molecule has 1 saturated heterocycles. The SMILES string of the molecule is N#Cc1ccc(Cl)c(S(=O)(=O)N2CSCC2C(=O)O)c1. The molecule has 0 radical (unpaired) electrons. The topological polar surface area (TPSA) is 98.5 Å². The Balaban J connectivity index is 2.51. The van der Waals surface area contributed by atoms with Gasteiger partial charge in [-0.15, -0.1) is 11.8 Å². The molecule has 1 unspecified atom stereocenters. The third kappa shape index (κ3) is 2.62. The maximum absolute atomic E-state index is 12.5. The molecule has 0 saturated carbocycles. The van der Waals surface area contributed by atoms with Crippen LogP contribution in [0.2, 0.25) is 5.02 Å². The molecule has 106 valence electrons. The number of hydrogen-bond acceptors (Lipinski definition) is 5. The number of nitriles is 1. The smallest absolute Gasteiger partial charge is 0.322 e. The summed E-state index contributed by atoms with van der Waals surface area (Å²) in [5.74, 6) is -0.970. The highest BCUT2D eigenvalue weighted by atomic mass is 35.5. The zero-order chi connectivity index (χ0) is 14.9. The van der Waals surface area contributed by atoms with Gasteiger partial charge in [-0.1, -0.05) is 11.6 Å². The number of nitrogens with zero attached hydrogens (tertiary/aromatic N) is 2. The van der Waals surface area contributed by atoms with Crippen LogP contribution in [0.15, 0.2) is 23.1 Å². The van der Waals surface area contributed by atoms with Crippen LogP contribution >= 0.6 is 23.4 Å². The summed E-state index contributed by atoms with van der Waals surface area (Å²) in [6.07, 6.45) is 0. The van der Waals surface area contributed by atoms with Gasteiger partial charge in [0.15, 0.2) is 0 Å². The van der Waals surface area contributed by atoms with Gasteiger partial charge >= 0.3 is 5.97 Å². The Morgan fingerprint density at radius 2 is 2.25 bits per heavy atom. The van der Waals surface area contributed by atoms with Crippen molar-refractivity contribution in [2.75, 3.05) is 11.6 Å². The van der Waals surface area contributed by atoms with Crippen LogP contribution in [0.1, 0.15) is 5.56 Å². The highest BCUT2D eigenvalue weighted by molar-refractivity contribution is 8.00. The van der Waals surface area contributed by atoms with Crippen molar-refractivity contribution < 1.29 is 18.3 Å². The average molecular weight is 333 g/mol. The highest BCUT2D eigenvalue weighted by Gasteiger charge is 2.40. The number of halogens is 1. The van der Waals surface area contributed by atoms with E-state index in [1.54, 1.807) is 0 Å². The largest absolute Gasteiger partial charge is 0.480 e. The molecule has 1 aromatic carbocycles. The second-order valence-corrected chi connectivity index (χ2v) is 7.27. The Hall–Kier alpha value is -1.27. The minimum absolute atomic E-state index is 0.0370. The maximum atomic E-state index is 12.5. The van der Waals surface area contributed by atoms with E-state index < -0.39 is 22.0 Å². The lowest BCUT2D eigenvalue weighted by Crippen LogP contribution is -2.41. The predicted octanol–water partition coefficient (Wildman–Crippen LogP) is 1.36. The number of aliphatic carboxylic acids is 1. The monoisotopic (exact) mass is 332 g/mol. The van der Waals surface area contributed by atoms with E-state index in [0.717, 1.165) is 10.4 Å². The molecule has 1 aliphatic heterocycles. The summed E-state index contributed by atoms with van der Waals surface area (Å²) >= 11 is 7.09. The molecule has 0 bridgehead atoms. The van der Waals surface area contributed by atoms with Crippen LogP contribution < -0.4 is 0 Å². The summed E-state index contributed by atoms with van der Waals surface area (Å²) in [4.78, 5) is 10.8. The van der Waals surface area contributed by atoms with Gasteiger partial charge in [-0.2, -0.15) is 9.57 Å². The van der Waals surface area contributed by atoms with E-state index >= 15 is 0 Å². The van der Waals surface area contributed by atoms with Crippen molar-refractivity contribution in [1.82, 2.24) is 4.31 Å². The van der Waals surface area contributed by atoms with Crippen LogP contribution in [0.25, 0.3) is 0 Å². The van der Waals surface area contributed by atoms with E-state index in [1.165, 1.54) is 23.9 Å². The predicted molar refractivity (Wildman–Crippen MR) is 73.9 cm³/mol. The highest BCUT2D eigenvalue weighted by Crippen LogP contribution is 2.32. The van der Waals surface area contributed by atoms with Crippen molar-refractivity contribution in [3.05, 3.63) is 28.8 Å². The molecule has 20 heavy (non-hydrogen) atoms. The average Bonchev–Trinajstić information content (AvgIpc) is 2.89. The molecule has 2 rings (SSSR count).